The summed E-state index contributed by atoms with van der Waals surface area (Å²) in [6.45, 7) is 2.13. The van der Waals surface area contributed by atoms with E-state index in [9.17, 15) is 9.90 Å². The fraction of sp³-hybridized carbons (Fsp3) is 0.917. The van der Waals surface area contributed by atoms with Gasteiger partial charge in [0.15, 0.2) is 5.60 Å². The van der Waals surface area contributed by atoms with Gasteiger partial charge >= 0.3 is 5.97 Å². The molecule has 1 rings (SSSR count). The number of carboxylic acids is 1. The molecular formula is C12H24N2O3. The molecule has 0 aromatic heterocycles. The normalized spacial score (nSPS) is 22.6. The fourth-order valence-corrected chi connectivity index (χ4v) is 2.43. The number of carbonyl (C=O) groups is 1. The largest absolute Gasteiger partial charge is 0.479 e. The molecule has 0 spiro atoms. The molecule has 1 saturated carbocycles. The van der Waals surface area contributed by atoms with Gasteiger partial charge in [0.2, 0.25) is 0 Å². The van der Waals surface area contributed by atoms with Crippen molar-refractivity contribution in [3.05, 3.63) is 0 Å². The number of carboxylic acid groups (broad SMARTS) is 1. The molecule has 1 fully saturated rings. The predicted octanol–water partition coefficient (Wildman–Crippen LogP) is 0.286. The van der Waals surface area contributed by atoms with E-state index in [1.54, 1.807) is 0 Å². The zero-order valence-electron chi connectivity index (χ0n) is 11.0. The Balaban J connectivity index is 2.46. The second kappa shape index (κ2) is 5.33. The lowest BCUT2D eigenvalue weighted by Gasteiger charge is -2.37. The summed E-state index contributed by atoms with van der Waals surface area (Å²) in [5.74, 6) is -1.18. The van der Waals surface area contributed by atoms with Crippen LogP contribution >= 0.6 is 0 Å². The van der Waals surface area contributed by atoms with Crippen LogP contribution in [0.15, 0.2) is 0 Å². The van der Waals surface area contributed by atoms with Crippen LogP contribution in [-0.4, -0.2) is 59.4 Å². The molecule has 1 atom stereocenters. The van der Waals surface area contributed by atoms with Crippen LogP contribution in [0.3, 0.4) is 0 Å². The zero-order valence-corrected chi connectivity index (χ0v) is 11.0. The second-order valence-electron chi connectivity index (χ2n) is 5.51. The topological polar surface area (TPSA) is 72.8 Å². The minimum Gasteiger partial charge on any atom is -0.479 e. The molecule has 1 aliphatic carbocycles. The molecule has 1 unspecified atom stereocenters. The van der Waals surface area contributed by atoms with E-state index < -0.39 is 11.6 Å². The molecule has 0 amide bonds. The van der Waals surface area contributed by atoms with E-state index in [4.69, 9.17) is 5.11 Å². The van der Waals surface area contributed by atoms with Crippen molar-refractivity contribution >= 4 is 5.97 Å². The first-order valence-corrected chi connectivity index (χ1v) is 6.14. The highest BCUT2D eigenvalue weighted by atomic mass is 16.4. The van der Waals surface area contributed by atoms with E-state index in [1.807, 2.05) is 0 Å². The lowest BCUT2D eigenvalue weighted by Crippen LogP contribution is -2.53. The van der Waals surface area contributed by atoms with Crippen LogP contribution in [0.2, 0.25) is 0 Å². The summed E-state index contributed by atoms with van der Waals surface area (Å²) in [7, 11) is 4.12. The summed E-state index contributed by atoms with van der Waals surface area (Å²) >= 11 is 0. The van der Waals surface area contributed by atoms with E-state index in [-0.39, 0.29) is 12.1 Å². The minimum atomic E-state index is -1.69. The van der Waals surface area contributed by atoms with Gasteiger partial charge in [-0.25, -0.2) is 4.79 Å². The number of aliphatic hydroxyl groups is 1. The summed E-state index contributed by atoms with van der Waals surface area (Å²) in [4.78, 5) is 13.0. The van der Waals surface area contributed by atoms with Gasteiger partial charge in [0.25, 0.3) is 0 Å². The summed E-state index contributed by atoms with van der Waals surface area (Å²) in [5.41, 5.74) is -1.57. The average Bonchev–Trinajstić information content (AvgIpc) is 2.67. The Kier molecular flexibility index (Phi) is 4.52. The van der Waals surface area contributed by atoms with Crippen molar-refractivity contribution in [1.29, 1.82) is 0 Å². The van der Waals surface area contributed by atoms with Crippen LogP contribution in [0.1, 0.15) is 32.6 Å². The number of hydrogen-bond donors (Lipinski definition) is 3. The van der Waals surface area contributed by atoms with Crippen LogP contribution in [0.25, 0.3) is 0 Å². The SMILES string of the molecule is CN(C)C1(CNCC(C)(O)C(=O)O)CCCC1. The Bertz CT molecular complexity index is 271. The van der Waals surface area contributed by atoms with Crippen molar-refractivity contribution in [2.24, 2.45) is 0 Å². The standard InChI is InChI=1S/C12H24N2O3/c1-11(17,10(15)16)8-13-9-12(14(2)3)6-4-5-7-12/h13,17H,4-9H2,1-3H3,(H,15,16). The molecule has 100 valence electrons. The molecule has 17 heavy (non-hydrogen) atoms. The van der Waals surface area contributed by atoms with Gasteiger partial charge in [0.1, 0.15) is 0 Å². The number of aliphatic carboxylic acids is 1. The number of likely N-dealkylation sites (N-methyl/N-ethyl adjacent to an activating group) is 1. The van der Waals surface area contributed by atoms with Gasteiger partial charge in [-0.2, -0.15) is 0 Å². The van der Waals surface area contributed by atoms with Crippen molar-refractivity contribution in [3.63, 3.8) is 0 Å². The van der Waals surface area contributed by atoms with Gasteiger partial charge in [-0.15, -0.1) is 0 Å². The maximum Gasteiger partial charge on any atom is 0.336 e. The summed E-state index contributed by atoms with van der Waals surface area (Å²) in [5, 5.41) is 21.5. The molecule has 0 aliphatic heterocycles. The van der Waals surface area contributed by atoms with Crippen LogP contribution in [-0.2, 0) is 4.79 Å². The highest BCUT2D eigenvalue weighted by molar-refractivity contribution is 5.76. The van der Waals surface area contributed by atoms with Gasteiger partial charge < -0.3 is 20.4 Å². The van der Waals surface area contributed by atoms with Crippen LogP contribution in [0.5, 0.6) is 0 Å². The molecule has 0 bridgehead atoms. The molecule has 5 heteroatoms. The Morgan fingerprint density at radius 2 is 1.94 bits per heavy atom. The minimum absolute atomic E-state index is 0.0813. The van der Waals surface area contributed by atoms with Crippen LogP contribution < -0.4 is 5.32 Å². The smallest absolute Gasteiger partial charge is 0.336 e. The number of nitrogens with one attached hydrogen (secondary N) is 1. The summed E-state index contributed by atoms with van der Waals surface area (Å²) in [6.07, 6.45) is 4.69. The van der Waals surface area contributed by atoms with E-state index in [1.165, 1.54) is 19.8 Å². The third kappa shape index (κ3) is 3.40. The molecule has 3 N–H and O–H groups in total. The van der Waals surface area contributed by atoms with Gasteiger partial charge in [-0.05, 0) is 33.9 Å². The van der Waals surface area contributed by atoms with Crippen LogP contribution in [0, 0.1) is 0 Å². The maximum absolute atomic E-state index is 10.8. The highest BCUT2D eigenvalue weighted by Crippen LogP contribution is 2.33. The zero-order chi connectivity index (χ0) is 13.1. The number of rotatable bonds is 6. The Morgan fingerprint density at radius 3 is 2.35 bits per heavy atom. The Morgan fingerprint density at radius 1 is 1.41 bits per heavy atom. The average molecular weight is 244 g/mol. The first-order chi connectivity index (χ1) is 7.80. The van der Waals surface area contributed by atoms with E-state index >= 15 is 0 Å². The second-order valence-corrected chi connectivity index (χ2v) is 5.51. The van der Waals surface area contributed by atoms with Gasteiger partial charge in [-0.3, -0.25) is 0 Å². The van der Waals surface area contributed by atoms with E-state index in [0.717, 1.165) is 19.4 Å². The van der Waals surface area contributed by atoms with Crippen molar-refractivity contribution in [3.8, 4) is 0 Å². The lowest BCUT2D eigenvalue weighted by molar-refractivity contribution is -0.156. The van der Waals surface area contributed by atoms with E-state index in [2.05, 4.69) is 24.3 Å². The summed E-state index contributed by atoms with van der Waals surface area (Å²) < 4.78 is 0. The van der Waals surface area contributed by atoms with Crippen molar-refractivity contribution < 1.29 is 15.0 Å². The molecular weight excluding hydrogens is 220 g/mol. The van der Waals surface area contributed by atoms with Crippen molar-refractivity contribution in [1.82, 2.24) is 10.2 Å². The highest BCUT2D eigenvalue weighted by Gasteiger charge is 2.37. The lowest BCUT2D eigenvalue weighted by atomic mass is 9.95. The first-order valence-electron chi connectivity index (χ1n) is 6.14. The van der Waals surface area contributed by atoms with Crippen LogP contribution in [0.4, 0.5) is 0 Å². The quantitative estimate of drug-likeness (QED) is 0.626. The number of hydrogen-bond acceptors (Lipinski definition) is 4. The molecule has 0 radical (unpaired) electrons. The molecule has 0 heterocycles. The van der Waals surface area contributed by atoms with Gasteiger partial charge in [0.05, 0.1) is 0 Å². The monoisotopic (exact) mass is 244 g/mol. The third-order valence-corrected chi connectivity index (χ3v) is 3.87. The first kappa shape index (κ1) is 14.4. The molecule has 0 saturated heterocycles. The predicted molar refractivity (Wildman–Crippen MR) is 66.0 cm³/mol. The van der Waals surface area contributed by atoms with Gasteiger partial charge in [0, 0.05) is 18.6 Å². The molecule has 0 aromatic carbocycles. The Labute approximate surface area is 103 Å². The number of nitrogens with zero attached hydrogens (tertiary/aromatic N) is 1. The molecule has 5 nitrogen and oxygen atoms in total. The van der Waals surface area contributed by atoms with E-state index in [0.29, 0.717) is 0 Å². The van der Waals surface area contributed by atoms with Crippen molar-refractivity contribution in [2.45, 2.75) is 43.7 Å². The molecule has 0 aromatic rings. The maximum atomic E-state index is 10.8. The van der Waals surface area contributed by atoms with Gasteiger partial charge in [-0.1, -0.05) is 12.8 Å². The summed E-state index contributed by atoms with van der Waals surface area (Å²) in [6, 6.07) is 0. The van der Waals surface area contributed by atoms with Crippen molar-refractivity contribution in [2.75, 3.05) is 27.2 Å². The third-order valence-electron chi connectivity index (χ3n) is 3.87. The fourth-order valence-electron chi connectivity index (χ4n) is 2.43. The molecule has 1 aliphatic rings. The Hall–Kier alpha value is -0.650.